The lowest BCUT2D eigenvalue weighted by Crippen LogP contribution is -2.61. The molecule has 3 fully saturated rings. The number of hydrogen-bond donors (Lipinski definition) is 1. The molecule has 0 radical (unpaired) electrons. The highest BCUT2D eigenvalue weighted by Crippen LogP contribution is 2.44. The summed E-state index contributed by atoms with van der Waals surface area (Å²) in [6.45, 7) is 3.95. The normalized spacial score (nSPS) is 32.9. The van der Waals surface area contributed by atoms with Crippen molar-refractivity contribution in [2.45, 2.75) is 57.2 Å². The zero-order chi connectivity index (χ0) is 18.2. The van der Waals surface area contributed by atoms with Crippen LogP contribution in [-0.2, 0) is 6.54 Å². The fraction of sp³-hybridized carbons (Fsp3) is 0.609. The smallest absolute Gasteiger partial charge is 0.318 e. The van der Waals surface area contributed by atoms with Crippen LogP contribution < -0.4 is 5.32 Å². The summed E-state index contributed by atoms with van der Waals surface area (Å²) < 4.78 is 0. The van der Waals surface area contributed by atoms with Crippen LogP contribution in [0.15, 0.2) is 42.0 Å². The molecule has 3 heterocycles. The molecule has 3 aliphatic heterocycles. The van der Waals surface area contributed by atoms with Gasteiger partial charge in [0.25, 0.3) is 0 Å². The maximum absolute atomic E-state index is 13.0. The summed E-state index contributed by atoms with van der Waals surface area (Å²) in [5, 5.41) is 3.18. The zero-order valence-electron chi connectivity index (χ0n) is 16.1. The van der Waals surface area contributed by atoms with Crippen LogP contribution in [0.4, 0.5) is 4.79 Å². The van der Waals surface area contributed by atoms with Crippen molar-refractivity contribution in [2.24, 2.45) is 11.8 Å². The number of nitrogens with one attached hydrogen (secondary N) is 1. The molecule has 5 rings (SSSR count). The van der Waals surface area contributed by atoms with Crippen LogP contribution in [0.5, 0.6) is 0 Å². The maximum Gasteiger partial charge on any atom is 0.318 e. The molecule has 4 aliphatic rings. The molecule has 2 amide bonds. The highest BCUT2D eigenvalue weighted by atomic mass is 16.2. The van der Waals surface area contributed by atoms with E-state index >= 15 is 0 Å². The lowest BCUT2D eigenvalue weighted by molar-refractivity contribution is 0.00788. The minimum atomic E-state index is 0.119. The minimum absolute atomic E-state index is 0.119. The Morgan fingerprint density at radius 3 is 2.89 bits per heavy atom. The number of likely N-dealkylation sites (tertiary alicyclic amines) is 1. The molecule has 0 spiro atoms. The Morgan fingerprint density at radius 1 is 1.11 bits per heavy atom. The van der Waals surface area contributed by atoms with E-state index in [2.05, 4.69) is 33.3 Å². The Labute approximate surface area is 162 Å². The van der Waals surface area contributed by atoms with E-state index in [1.165, 1.54) is 45.2 Å². The summed E-state index contributed by atoms with van der Waals surface area (Å²) in [5.41, 5.74) is 2.72. The molecule has 1 aromatic carbocycles. The van der Waals surface area contributed by atoms with E-state index in [0.717, 1.165) is 30.5 Å². The van der Waals surface area contributed by atoms with Gasteiger partial charge in [0.1, 0.15) is 0 Å². The van der Waals surface area contributed by atoms with Gasteiger partial charge in [-0.15, -0.1) is 0 Å². The van der Waals surface area contributed by atoms with Crippen molar-refractivity contribution in [1.82, 2.24) is 15.1 Å². The van der Waals surface area contributed by atoms with Gasteiger partial charge >= 0.3 is 6.03 Å². The van der Waals surface area contributed by atoms with Crippen LogP contribution in [0.2, 0.25) is 0 Å². The van der Waals surface area contributed by atoms with Gasteiger partial charge in [-0.3, -0.25) is 4.90 Å². The van der Waals surface area contributed by atoms with Crippen molar-refractivity contribution in [2.75, 3.05) is 19.6 Å². The van der Waals surface area contributed by atoms with Crippen LogP contribution in [0.25, 0.3) is 0 Å². The Kier molecular flexibility index (Phi) is 4.68. The average molecular weight is 366 g/mol. The first-order valence-corrected chi connectivity index (χ1v) is 10.8. The predicted molar refractivity (Wildman–Crippen MR) is 107 cm³/mol. The first-order valence-electron chi connectivity index (χ1n) is 10.8. The Hall–Kier alpha value is -1.81. The number of benzene rings is 1. The number of carbonyl (C=O) groups is 1. The molecule has 4 nitrogen and oxygen atoms in total. The molecule has 0 unspecified atom stereocenters. The summed E-state index contributed by atoms with van der Waals surface area (Å²) in [6.07, 6.45) is 10.3. The molecule has 2 bridgehead atoms. The van der Waals surface area contributed by atoms with Crippen LogP contribution in [0, 0.1) is 11.8 Å². The first-order chi connectivity index (χ1) is 13.3. The molecule has 1 aromatic rings. The van der Waals surface area contributed by atoms with E-state index < -0.39 is 0 Å². The number of nitrogens with zero attached hydrogens (tertiary/aromatic N) is 2. The molecule has 1 N–H and O–H groups in total. The van der Waals surface area contributed by atoms with E-state index in [1.807, 2.05) is 18.2 Å². The molecule has 1 aliphatic carbocycles. The second-order valence-corrected chi connectivity index (χ2v) is 8.85. The Bertz CT molecular complexity index is 716. The molecular formula is C23H31N3O. The minimum Gasteiger partial charge on any atom is -0.334 e. The third-order valence-corrected chi connectivity index (χ3v) is 7.20. The van der Waals surface area contributed by atoms with Crippen LogP contribution >= 0.6 is 0 Å². The fourth-order valence-corrected chi connectivity index (χ4v) is 6.08. The summed E-state index contributed by atoms with van der Waals surface area (Å²) in [4.78, 5) is 17.9. The summed E-state index contributed by atoms with van der Waals surface area (Å²) in [6, 6.07) is 11.4. The Morgan fingerprint density at radius 2 is 2.00 bits per heavy atom. The van der Waals surface area contributed by atoms with E-state index in [0.29, 0.717) is 18.5 Å². The number of rotatable bonds is 2. The molecule has 144 valence electrons. The van der Waals surface area contributed by atoms with Crippen LogP contribution in [0.3, 0.4) is 0 Å². The van der Waals surface area contributed by atoms with Gasteiger partial charge in [-0.05, 0) is 56.0 Å². The van der Waals surface area contributed by atoms with Crippen molar-refractivity contribution in [3.63, 3.8) is 0 Å². The third-order valence-electron chi connectivity index (χ3n) is 7.20. The van der Waals surface area contributed by atoms with Crippen molar-refractivity contribution >= 4 is 6.03 Å². The summed E-state index contributed by atoms with van der Waals surface area (Å²) in [7, 11) is 0. The quantitative estimate of drug-likeness (QED) is 0.810. The van der Waals surface area contributed by atoms with Crippen LogP contribution in [0.1, 0.15) is 44.1 Å². The van der Waals surface area contributed by atoms with Crippen molar-refractivity contribution < 1.29 is 4.79 Å². The third kappa shape index (κ3) is 3.29. The van der Waals surface area contributed by atoms with Crippen molar-refractivity contribution in [1.29, 1.82) is 0 Å². The monoisotopic (exact) mass is 365 g/mol. The molecule has 3 saturated heterocycles. The number of carbonyl (C=O) groups excluding carboxylic acids is 1. The molecule has 0 aromatic heterocycles. The number of hydrogen-bond acceptors (Lipinski definition) is 2. The molecule has 27 heavy (non-hydrogen) atoms. The van der Waals surface area contributed by atoms with E-state index in [9.17, 15) is 4.79 Å². The standard InChI is InChI=1S/C23H31N3O/c27-23(24-15-17-7-2-1-3-8-17)26-12-6-9-18-13-19-14-20(22(18)26)16-25-11-5-4-10-21(19)25/h1-3,7-8,13,19-22H,4-6,9-12,14-16H2,(H,24,27)/t19-,20-,21-,22+/m1/s1. The largest absolute Gasteiger partial charge is 0.334 e. The lowest BCUT2D eigenvalue weighted by Gasteiger charge is -2.54. The zero-order valence-corrected chi connectivity index (χ0v) is 16.1. The topological polar surface area (TPSA) is 35.6 Å². The van der Waals surface area contributed by atoms with Crippen molar-refractivity contribution in [3.8, 4) is 0 Å². The van der Waals surface area contributed by atoms with Gasteiger partial charge in [-0.1, -0.05) is 48.4 Å². The molecule has 4 atom stereocenters. The second-order valence-electron chi connectivity index (χ2n) is 8.85. The molecule has 4 heteroatoms. The number of fused-ring (bicyclic) bond motifs is 6. The van der Waals surface area contributed by atoms with E-state index in [4.69, 9.17) is 0 Å². The highest BCUT2D eigenvalue weighted by Gasteiger charge is 2.46. The SMILES string of the molecule is O=C(NCc1ccccc1)N1CCCC2=C[C@@H]3C[C@H](CN4CCCC[C@H]34)[C@H]21. The van der Waals surface area contributed by atoms with Gasteiger partial charge in [0.15, 0.2) is 0 Å². The second kappa shape index (κ2) is 7.31. The number of urea groups is 1. The lowest BCUT2D eigenvalue weighted by atomic mass is 9.68. The fourth-order valence-electron chi connectivity index (χ4n) is 6.08. The highest BCUT2D eigenvalue weighted by molar-refractivity contribution is 5.75. The van der Waals surface area contributed by atoms with E-state index in [-0.39, 0.29) is 6.03 Å². The van der Waals surface area contributed by atoms with Gasteiger partial charge in [0, 0.05) is 25.7 Å². The van der Waals surface area contributed by atoms with Gasteiger partial charge < -0.3 is 10.2 Å². The van der Waals surface area contributed by atoms with Gasteiger partial charge in [-0.2, -0.15) is 0 Å². The molecule has 0 saturated carbocycles. The van der Waals surface area contributed by atoms with E-state index in [1.54, 1.807) is 5.57 Å². The number of amides is 2. The average Bonchev–Trinajstić information content (AvgIpc) is 2.72. The Balaban J connectivity index is 1.33. The van der Waals surface area contributed by atoms with Gasteiger partial charge in [-0.25, -0.2) is 4.79 Å². The van der Waals surface area contributed by atoms with Crippen LogP contribution in [-0.4, -0.2) is 47.5 Å². The van der Waals surface area contributed by atoms with Gasteiger partial charge in [0.05, 0.1) is 6.04 Å². The van der Waals surface area contributed by atoms with Crippen molar-refractivity contribution in [3.05, 3.63) is 47.5 Å². The summed E-state index contributed by atoms with van der Waals surface area (Å²) >= 11 is 0. The number of piperidine rings is 3. The summed E-state index contributed by atoms with van der Waals surface area (Å²) in [5.74, 6) is 1.34. The first kappa shape index (κ1) is 17.3. The van der Waals surface area contributed by atoms with Gasteiger partial charge in [0.2, 0.25) is 0 Å². The predicted octanol–water partition coefficient (Wildman–Crippen LogP) is 3.79. The molecular weight excluding hydrogens is 334 g/mol. The maximum atomic E-state index is 13.0.